The number of morpholine rings is 1. The fourth-order valence-electron chi connectivity index (χ4n) is 4.53. The number of hydrogen-bond acceptors (Lipinski definition) is 6. The van der Waals surface area contributed by atoms with Gasteiger partial charge < -0.3 is 19.1 Å². The van der Waals surface area contributed by atoms with Gasteiger partial charge in [0.2, 0.25) is 5.88 Å². The van der Waals surface area contributed by atoms with Crippen molar-refractivity contribution in [1.82, 2.24) is 14.8 Å². The first-order valence-electron chi connectivity index (χ1n) is 9.94. The van der Waals surface area contributed by atoms with Gasteiger partial charge in [0, 0.05) is 51.1 Å². The van der Waals surface area contributed by atoms with E-state index < -0.39 is 0 Å². The summed E-state index contributed by atoms with van der Waals surface area (Å²) >= 11 is 0. The molecule has 1 amide bonds. The van der Waals surface area contributed by atoms with Gasteiger partial charge in [0.1, 0.15) is 0 Å². The molecule has 0 aromatic carbocycles. The molecule has 4 rings (SSSR count). The van der Waals surface area contributed by atoms with E-state index in [9.17, 15) is 4.79 Å². The number of piperidine rings is 1. The summed E-state index contributed by atoms with van der Waals surface area (Å²) in [5.74, 6) is 0.564. The summed E-state index contributed by atoms with van der Waals surface area (Å²) in [6.45, 7) is 6.01. The van der Waals surface area contributed by atoms with Gasteiger partial charge in [-0.1, -0.05) is 0 Å². The molecule has 3 aliphatic heterocycles. The number of aromatic nitrogens is 1. The number of carbonyl (C=O) groups excluding carboxylic acids is 1. The van der Waals surface area contributed by atoms with Crippen LogP contribution in [0.4, 0.5) is 0 Å². The lowest BCUT2D eigenvalue weighted by molar-refractivity contribution is -0.136. The van der Waals surface area contributed by atoms with Crippen LogP contribution in [0.1, 0.15) is 36.0 Å². The molecule has 0 bridgehead atoms. The maximum absolute atomic E-state index is 12.8. The largest absolute Gasteiger partial charge is 0.481 e. The Kier molecular flexibility index (Phi) is 5.61. The topological polar surface area (TPSA) is 64.1 Å². The average molecular weight is 375 g/mol. The number of ether oxygens (including phenoxy) is 3. The Bertz CT molecular complexity index is 637. The Morgan fingerprint density at radius 2 is 1.96 bits per heavy atom. The highest BCUT2D eigenvalue weighted by atomic mass is 16.5. The Morgan fingerprint density at radius 3 is 2.63 bits per heavy atom. The van der Waals surface area contributed by atoms with Crippen LogP contribution in [0, 0.1) is 0 Å². The van der Waals surface area contributed by atoms with Gasteiger partial charge in [-0.3, -0.25) is 9.69 Å². The van der Waals surface area contributed by atoms with E-state index in [0.717, 1.165) is 71.7 Å². The van der Waals surface area contributed by atoms with Crippen LogP contribution in [0.5, 0.6) is 5.88 Å². The third-order valence-corrected chi connectivity index (χ3v) is 6.18. The van der Waals surface area contributed by atoms with Gasteiger partial charge >= 0.3 is 0 Å². The van der Waals surface area contributed by atoms with Crippen LogP contribution in [-0.4, -0.2) is 85.4 Å². The number of rotatable bonds is 3. The van der Waals surface area contributed by atoms with Gasteiger partial charge in [0.25, 0.3) is 5.91 Å². The molecule has 27 heavy (non-hydrogen) atoms. The average Bonchev–Trinajstić information content (AvgIpc) is 2.75. The minimum atomic E-state index is -0.0733. The van der Waals surface area contributed by atoms with Crippen molar-refractivity contribution in [3.8, 4) is 5.88 Å². The number of amides is 1. The predicted octanol–water partition coefficient (Wildman–Crippen LogP) is 1.58. The summed E-state index contributed by atoms with van der Waals surface area (Å²) in [6.07, 6.45) is 5.57. The highest BCUT2D eigenvalue weighted by molar-refractivity contribution is 5.94. The molecule has 7 nitrogen and oxygen atoms in total. The summed E-state index contributed by atoms with van der Waals surface area (Å²) < 4.78 is 16.8. The molecule has 148 valence electrons. The summed E-state index contributed by atoms with van der Waals surface area (Å²) in [6, 6.07) is 4.09. The lowest BCUT2D eigenvalue weighted by atomic mass is 9.81. The molecular formula is C20H29N3O4. The number of pyridine rings is 1. The third-order valence-electron chi connectivity index (χ3n) is 6.18. The van der Waals surface area contributed by atoms with E-state index in [-0.39, 0.29) is 11.5 Å². The lowest BCUT2D eigenvalue weighted by Gasteiger charge is -2.49. The second-order valence-corrected chi connectivity index (χ2v) is 7.71. The van der Waals surface area contributed by atoms with E-state index in [1.54, 1.807) is 25.4 Å². The second-order valence-electron chi connectivity index (χ2n) is 7.71. The van der Waals surface area contributed by atoms with Gasteiger partial charge in [0.15, 0.2) is 0 Å². The number of methoxy groups -OCH3 is 1. The fourth-order valence-corrected chi connectivity index (χ4v) is 4.53. The second kappa shape index (κ2) is 8.12. The molecule has 7 heteroatoms. The lowest BCUT2D eigenvalue weighted by Crippen LogP contribution is -2.55. The molecule has 3 saturated heterocycles. The zero-order valence-corrected chi connectivity index (χ0v) is 16.1. The quantitative estimate of drug-likeness (QED) is 0.799. The predicted molar refractivity (Wildman–Crippen MR) is 100 cm³/mol. The molecule has 1 unspecified atom stereocenters. The van der Waals surface area contributed by atoms with Crippen LogP contribution in [0.2, 0.25) is 0 Å². The molecule has 0 radical (unpaired) electrons. The minimum Gasteiger partial charge on any atom is -0.481 e. The van der Waals surface area contributed by atoms with Crippen molar-refractivity contribution in [2.24, 2.45) is 0 Å². The zero-order chi connectivity index (χ0) is 18.7. The van der Waals surface area contributed by atoms with Crippen LogP contribution in [0.15, 0.2) is 18.3 Å². The van der Waals surface area contributed by atoms with Crippen molar-refractivity contribution in [3.63, 3.8) is 0 Å². The summed E-state index contributed by atoms with van der Waals surface area (Å²) in [7, 11) is 1.57. The molecule has 0 N–H and O–H groups in total. The molecule has 1 spiro atoms. The van der Waals surface area contributed by atoms with Gasteiger partial charge in [0.05, 0.1) is 31.5 Å². The van der Waals surface area contributed by atoms with Crippen LogP contribution < -0.4 is 4.74 Å². The van der Waals surface area contributed by atoms with Crippen molar-refractivity contribution in [1.29, 1.82) is 0 Å². The third kappa shape index (κ3) is 4.10. The highest BCUT2D eigenvalue weighted by Crippen LogP contribution is 2.37. The van der Waals surface area contributed by atoms with Crippen molar-refractivity contribution in [2.45, 2.75) is 37.3 Å². The zero-order valence-electron chi connectivity index (χ0n) is 16.1. The Hall–Kier alpha value is -1.70. The van der Waals surface area contributed by atoms with E-state index in [1.807, 2.05) is 4.90 Å². The molecule has 3 aliphatic rings. The van der Waals surface area contributed by atoms with Crippen molar-refractivity contribution >= 4 is 5.91 Å². The van der Waals surface area contributed by atoms with Crippen LogP contribution in [0.25, 0.3) is 0 Å². The first kappa shape index (κ1) is 18.7. The SMILES string of the molecule is COc1ccc(C(=O)N2CCC3(CC2)CC(N2CCOCC2)CCO3)cn1. The van der Waals surface area contributed by atoms with E-state index >= 15 is 0 Å². The minimum absolute atomic E-state index is 0.0422. The molecular weight excluding hydrogens is 346 g/mol. The van der Waals surface area contributed by atoms with E-state index in [1.165, 1.54) is 0 Å². The van der Waals surface area contributed by atoms with Gasteiger partial charge in [-0.05, 0) is 31.7 Å². The Morgan fingerprint density at radius 1 is 1.19 bits per heavy atom. The Labute approximate surface area is 160 Å². The van der Waals surface area contributed by atoms with Crippen molar-refractivity contribution in [3.05, 3.63) is 23.9 Å². The molecule has 4 heterocycles. The van der Waals surface area contributed by atoms with Crippen molar-refractivity contribution < 1.29 is 19.0 Å². The van der Waals surface area contributed by atoms with Gasteiger partial charge in [-0.2, -0.15) is 0 Å². The summed E-state index contributed by atoms with van der Waals surface area (Å²) in [5.41, 5.74) is 0.540. The Balaban J connectivity index is 1.35. The summed E-state index contributed by atoms with van der Waals surface area (Å²) in [4.78, 5) is 21.4. The first-order valence-corrected chi connectivity index (χ1v) is 9.94. The van der Waals surface area contributed by atoms with Crippen LogP contribution >= 0.6 is 0 Å². The van der Waals surface area contributed by atoms with Gasteiger partial charge in [-0.15, -0.1) is 0 Å². The van der Waals surface area contributed by atoms with Crippen LogP contribution in [-0.2, 0) is 9.47 Å². The normalized spacial score (nSPS) is 26.1. The highest BCUT2D eigenvalue weighted by Gasteiger charge is 2.42. The van der Waals surface area contributed by atoms with E-state index in [2.05, 4.69) is 9.88 Å². The molecule has 3 fully saturated rings. The molecule has 0 saturated carbocycles. The van der Waals surface area contributed by atoms with E-state index in [4.69, 9.17) is 14.2 Å². The molecule has 1 aromatic heterocycles. The van der Waals surface area contributed by atoms with Crippen molar-refractivity contribution in [2.75, 3.05) is 53.1 Å². The monoisotopic (exact) mass is 375 g/mol. The van der Waals surface area contributed by atoms with Crippen LogP contribution in [0.3, 0.4) is 0 Å². The number of nitrogens with zero attached hydrogens (tertiary/aromatic N) is 3. The molecule has 1 aromatic rings. The smallest absolute Gasteiger partial charge is 0.255 e. The standard InChI is InChI=1S/C20H29N3O4/c1-25-18-3-2-16(15-21-18)19(24)23-7-5-20(6-8-23)14-17(4-11-27-20)22-9-12-26-13-10-22/h2-3,15,17H,4-14H2,1H3. The molecule has 0 aliphatic carbocycles. The number of carbonyl (C=O) groups is 1. The maximum Gasteiger partial charge on any atom is 0.255 e. The first-order chi connectivity index (χ1) is 13.2. The number of likely N-dealkylation sites (tertiary alicyclic amines) is 1. The van der Waals surface area contributed by atoms with E-state index in [0.29, 0.717) is 17.5 Å². The maximum atomic E-state index is 12.8. The van der Waals surface area contributed by atoms with Gasteiger partial charge in [-0.25, -0.2) is 4.98 Å². The fraction of sp³-hybridized carbons (Fsp3) is 0.700. The molecule has 1 atom stereocenters. The summed E-state index contributed by atoms with van der Waals surface area (Å²) in [5, 5.41) is 0. The number of hydrogen-bond donors (Lipinski definition) is 0.